The first-order valence-corrected chi connectivity index (χ1v) is 14.6. The van der Waals surface area contributed by atoms with Gasteiger partial charge in [-0.15, -0.1) is 0 Å². The topological polar surface area (TPSA) is 58.6 Å². The Balaban J connectivity index is 1.22. The van der Waals surface area contributed by atoms with Crippen LogP contribution in [0.5, 0.6) is 5.75 Å². The zero-order chi connectivity index (χ0) is 28.3. The van der Waals surface area contributed by atoms with E-state index in [2.05, 4.69) is 29.2 Å². The number of alkyl halides is 3. The van der Waals surface area contributed by atoms with Gasteiger partial charge in [0.15, 0.2) is 0 Å². The van der Waals surface area contributed by atoms with Crippen LogP contribution in [0.3, 0.4) is 0 Å². The summed E-state index contributed by atoms with van der Waals surface area (Å²) in [5, 5.41) is 0. The van der Waals surface area contributed by atoms with Crippen molar-refractivity contribution in [2.75, 3.05) is 25.4 Å². The predicted octanol–water partition coefficient (Wildman–Crippen LogP) is 6.15. The third kappa shape index (κ3) is 7.09. The number of hydrogen-bond acceptors (Lipinski definition) is 4. The lowest BCUT2D eigenvalue weighted by Crippen LogP contribution is -2.51. The lowest BCUT2D eigenvalue weighted by atomic mass is 9.90. The molecule has 1 heterocycles. The first-order chi connectivity index (χ1) is 19.2. The second-order valence-corrected chi connectivity index (χ2v) is 11.6. The van der Waals surface area contributed by atoms with Crippen LogP contribution in [-0.2, 0) is 11.0 Å². The van der Waals surface area contributed by atoms with E-state index in [-0.39, 0.29) is 23.4 Å². The van der Waals surface area contributed by atoms with Gasteiger partial charge in [0.25, 0.3) is 5.91 Å². The Hall–Kier alpha value is -3.24. The molecule has 0 bridgehead atoms. The molecule has 40 heavy (non-hydrogen) atoms. The van der Waals surface area contributed by atoms with Crippen LogP contribution < -0.4 is 9.46 Å². The molecule has 1 aliphatic carbocycles. The Morgan fingerprint density at radius 2 is 1.60 bits per heavy atom. The molecule has 1 unspecified atom stereocenters. The molecule has 0 aromatic heterocycles. The molecule has 212 valence electrons. The fourth-order valence-electron chi connectivity index (χ4n) is 5.02. The number of likely N-dealkylation sites (tertiary alicyclic amines) is 1. The third-order valence-corrected chi connectivity index (χ3v) is 8.18. The van der Waals surface area contributed by atoms with E-state index in [0.717, 1.165) is 32.0 Å². The monoisotopic (exact) mass is 574 g/mol. The van der Waals surface area contributed by atoms with Crippen LogP contribution in [0, 0.1) is 11.7 Å². The van der Waals surface area contributed by atoms with Gasteiger partial charge in [0.2, 0.25) is 0 Å². The molecule has 10 heteroatoms. The highest BCUT2D eigenvalue weighted by atomic mass is 32.2. The highest BCUT2D eigenvalue weighted by Crippen LogP contribution is 2.45. The van der Waals surface area contributed by atoms with E-state index in [1.165, 1.54) is 17.2 Å². The van der Waals surface area contributed by atoms with Crippen molar-refractivity contribution in [2.45, 2.75) is 37.4 Å². The highest BCUT2D eigenvalue weighted by Gasteiger charge is 2.35. The Kier molecular flexibility index (Phi) is 8.56. The lowest BCUT2D eigenvalue weighted by Gasteiger charge is -2.44. The van der Waals surface area contributed by atoms with Crippen molar-refractivity contribution >= 4 is 16.9 Å². The molecule has 1 saturated carbocycles. The first kappa shape index (κ1) is 28.3. The van der Waals surface area contributed by atoms with E-state index < -0.39 is 41.1 Å². The molecule has 3 aromatic rings. The van der Waals surface area contributed by atoms with E-state index in [1.54, 1.807) is 0 Å². The Bertz CT molecular complexity index is 1300. The molecule has 2 aliphatic rings. The summed E-state index contributed by atoms with van der Waals surface area (Å²) in [6, 6.07) is 23.3. The van der Waals surface area contributed by atoms with E-state index >= 15 is 0 Å². The molecule has 0 radical (unpaired) electrons. The van der Waals surface area contributed by atoms with E-state index in [0.29, 0.717) is 17.9 Å². The SMILES string of the molecule is O=C(NS(=O)CCC(F)(F)F)c1cc(C2CC2)c(OCC2CN(C(c3ccccc3)c3ccccc3)C2)cc1F. The summed E-state index contributed by atoms with van der Waals surface area (Å²) in [5.74, 6) is -1.93. The largest absolute Gasteiger partial charge is 0.493 e. The van der Waals surface area contributed by atoms with E-state index in [4.69, 9.17) is 4.74 Å². The minimum Gasteiger partial charge on any atom is -0.493 e. The van der Waals surface area contributed by atoms with Crippen LogP contribution in [0.2, 0.25) is 0 Å². The van der Waals surface area contributed by atoms with Gasteiger partial charge in [-0.2, -0.15) is 13.2 Å². The van der Waals surface area contributed by atoms with Crippen molar-refractivity contribution in [1.29, 1.82) is 0 Å². The van der Waals surface area contributed by atoms with Gasteiger partial charge in [0.05, 0.1) is 30.4 Å². The zero-order valence-corrected chi connectivity index (χ0v) is 22.5. The van der Waals surface area contributed by atoms with Crippen molar-refractivity contribution in [1.82, 2.24) is 9.62 Å². The summed E-state index contributed by atoms with van der Waals surface area (Å²) in [7, 11) is -2.27. The molecule has 5 rings (SSSR count). The van der Waals surface area contributed by atoms with Crippen molar-refractivity contribution in [3.63, 3.8) is 0 Å². The average Bonchev–Trinajstić information content (AvgIpc) is 3.75. The smallest absolute Gasteiger partial charge is 0.390 e. The molecular formula is C30H30F4N2O3S. The molecule has 1 N–H and O–H groups in total. The van der Waals surface area contributed by atoms with Gasteiger partial charge in [-0.1, -0.05) is 60.7 Å². The van der Waals surface area contributed by atoms with E-state index in [1.807, 2.05) is 41.1 Å². The van der Waals surface area contributed by atoms with Crippen molar-refractivity contribution in [2.24, 2.45) is 5.92 Å². The van der Waals surface area contributed by atoms with Gasteiger partial charge in [0, 0.05) is 25.1 Å². The van der Waals surface area contributed by atoms with Crippen LogP contribution in [0.1, 0.15) is 58.3 Å². The minimum atomic E-state index is -4.49. The quantitative estimate of drug-likeness (QED) is 0.279. The molecule has 1 aliphatic heterocycles. The summed E-state index contributed by atoms with van der Waals surface area (Å²) in [5.41, 5.74) is 2.76. The number of benzene rings is 3. The number of carbonyl (C=O) groups excluding carboxylic acids is 1. The number of nitrogens with zero attached hydrogens (tertiary/aromatic N) is 1. The Labute approximate surface area is 233 Å². The van der Waals surface area contributed by atoms with Gasteiger partial charge in [-0.05, 0) is 41.5 Å². The summed E-state index contributed by atoms with van der Waals surface area (Å²) >= 11 is 0. The second-order valence-electron chi connectivity index (χ2n) is 10.3. The third-order valence-electron chi connectivity index (χ3n) is 7.19. The maximum Gasteiger partial charge on any atom is 0.390 e. The van der Waals surface area contributed by atoms with Crippen molar-refractivity contribution in [3.8, 4) is 5.75 Å². The number of nitrogens with one attached hydrogen (secondary N) is 1. The molecule has 0 spiro atoms. The van der Waals surface area contributed by atoms with Crippen LogP contribution in [0.15, 0.2) is 72.8 Å². The Morgan fingerprint density at radius 3 is 2.15 bits per heavy atom. The van der Waals surface area contributed by atoms with E-state index in [9.17, 15) is 26.6 Å². The summed E-state index contributed by atoms with van der Waals surface area (Å²) < 4.78 is 72.0. The fraction of sp³-hybridized carbons (Fsp3) is 0.367. The number of ether oxygens (including phenoxy) is 1. The van der Waals surface area contributed by atoms with Gasteiger partial charge >= 0.3 is 6.18 Å². The maximum absolute atomic E-state index is 14.9. The second kappa shape index (κ2) is 12.1. The molecule has 3 aromatic carbocycles. The molecule has 1 atom stereocenters. The maximum atomic E-state index is 14.9. The van der Waals surface area contributed by atoms with Crippen molar-refractivity contribution in [3.05, 3.63) is 101 Å². The fourth-order valence-corrected chi connectivity index (χ4v) is 5.86. The summed E-state index contributed by atoms with van der Waals surface area (Å²) in [6.45, 7) is 2.00. The minimum absolute atomic E-state index is 0.122. The molecule has 1 amide bonds. The summed E-state index contributed by atoms with van der Waals surface area (Å²) in [6.07, 6.45) is -4.06. The van der Waals surface area contributed by atoms with Gasteiger partial charge < -0.3 is 4.74 Å². The summed E-state index contributed by atoms with van der Waals surface area (Å²) in [4.78, 5) is 14.9. The Morgan fingerprint density at radius 1 is 1.00 bits per heavy atom. The van der Waals surface area contributed by atoms with Gasteiger partial charge in [0.1, 0.15) is 22.6 Å². The molecule has 2 fully saturated rings. The van der Waals surface area contributed by atoms with Crippen LogP contribution in [-0.4, -0.2) is 46.6 Å². The van der Waals surface area contributed by atoms with Crippen LogP contribution >= 0.6 is 0 Å². The zero-order valence-electron chi connectivity index (χ0n) is 21.7. The highest BCUT2D eigenvalue weighted by molar-refractivity contribution is 7.83. The van der Waals surface area contributed by atoms with Crippen molar-refractivity contribution < 1.29 is 31.3 Å². The lowest BCUT2D eigenvalue weighted by molar-refractivity contribution is -0.129. The average molecular weight is 575 g/mol. The van der Waals surface area contributed by atoms with Gasteiger partial charge in [-0.3, -0.25) is 14.4 Å². The molecule has 5 nitrogen and oxygen atoms in total. The first-order valence-electron chi connectivity index (χ1n) is 13.2. The number of amides is 1. The van der Waals surface area contributed by atoms with Crippen LogP contribution in [0.25, 0.3) is 0 Å². The predicted molar refractivity (Wildman–Crippen MR) is 145 cm³/mol. The number of rotatable bonds is 11. The standard InChI is InChI=1S/C30H30F4N2O3S/c31-26-16-27(24(21-11-12-21)15-25(26)29(37)35-40(38)14-13-30(32,33)34)39-19-20-17-36(18-20)28(22-7-3-1-4-8-22)23-9-5-2-6-10-23/h1-10,15-16,20-21,28H,11-14,17-19H2,(H,35,37). The van der Waals surface area contributed by atoms with Gasteiger partial charge in [-0.25, -0.2) is 8.60 Å². The van der Waals surface area contributed by atoms with Crippen LogP contribution in [0.4, 0.5) is 17.6 Å². The normalized spacial score (nSPS) is 16.9. The molecule has 1 saturated heterocycles. The number of halogens is 4. The number of carbonyl (C=O) groups is 1. The molecular weight excluding hydrogens is 544 g/mol. The number of hydrogen-bond donors (Lipinski definition) is 1.